The zero-order chi connectivity index (χ0) is 13.9. The number of nitrogens with zero attached hydrogens (tertiary/aromatic N) is 3. The lowest BCUT2D eigenvalue weighted by atomic mass is 9.85. The van der Waals surface area contributed by atoms with Crippen LogP contribution in [0.25, 0.3) is 0 Å². The summed E-state index contributed by atoms with van der Waals surface area (Å²) in [5.41, 5.74) is 0. The second kappa shape index (κ2) is 5.77. The van der Waals surface area contributed by atoms with Crippen LogP contribution in [0, 0.1) is 11.8 Å². The second-order valence-electron chi connectivity index (χ2n) is 6.06. The van der Waals surface area contributed by atoms with Crippen LogP contribution in [0.1, 0.15) is 39.0 Å². The number of hydrogen-bond donors (Lipinski definition) is 1. The van der Waals surface area contributed by atoms with Crippen molar-refractivity contribution in [2.45, 2.75) is 39.0 Å². The van der Waals surface area contributed by atoms with Gasteiger partial charge in [-0.1, -0.05) is 13.3 Å². The standard InChI is InChI=1S/C15H22N4O/c1-11-7-9-19(10-8-11)14-6-5-13(17-18-14)16-15(20)12-3-2-4-12/h5-6,11-12H,2-4,7-10H2,1H3,(H,16,17,20). The van der Waals surface area contributed by atoms with Crippen molar-refractivity contribution in [2.24, 2.45) is 11.8 Å². The molecular weight excluding hydrogens is 252 g/mol. The van der Waals surface area contributed by atoms with Gasteiger partial charge in [0, 0.05) is 19.0 Å². The SMILES string of the molecule is CC1CCN(c2ccc(NC(=O)C3CCC3)nn2)CC1. The van der Waals surface area contributed by atoms with Crippen molar-refractivity contribution < 1.29 is 4.79 Å². The first-order chi connectivity index (χ1) is 9.72. The largest absolute Gasteiger partial charge is 0.355 e. The molecule has 0 spiro atoms. The Morgan fingerprint density at radius 1 is 1.20 bits per heavy atom. The number of nitrogens with one attached hydrogen (secondary N) is 1. The van der Waals surface area contributed by atoms with Gasteiger partial charge < -0.3 is 10.2 Å². The summed E-state index contributed by atoms with van der Waals surface area (Å²) in [5.74, 6) is 2.56. The predicted octanol–water partition coefficient (Wildman–Crippen LogP) is 2.45. The molecule has 1 aromatic rings. The summed E-state index contributed by atoms with van der Waals surface area (Å²) in [6, 6.07) is 3.82. The maximum absolute atomic E-state index is 11.8. The first kappa shape index (κ1) is 13.3. The summed E-state index contributed by atoms with van der Waals surface area (Å²) >= 11 is 0. The van der Waals surface area contributed by atoms with Crippen molar-refractivity contribution >= 4 is 17.5 Å². The van der Waals surface area contributed by atoms with Gasteiger partial charge in [0.1, 0.15) is 0 Å². The van der Waals surface area contributed by atoms with Gasteiger partial charge in [-0.2, -0.15) is 0 Å². The fourth-order valence-electron chi connectivity index (χ4n) is 2.70. The summed E-state index contributed by atoms with van der Waals surface area (Å²) in [5, 5.41) is 11.2. The van der Waals surface area contributed by atoms with Crippen LogP contribution in [0.15, 0.2) is 12.1 Å². The molecule has 0 aromatic carbocycles. The summed E-state index contributed by atoms with van der Waals surface area (Å²) in [6.07, 6.45) is 5.59. The zero-order valence-electron chi connectivity index (χ0n) is 12.0. The highest BCUT2D eigenvalue weighted by atomic mass is 16.2. The van der Waals surface area contributed by atoms with Crippen molar-refractivity contribution in [1.29, 1.82) is 0 Å². The van der Waals surface area contributed by atoms with Gasteiger partial charge in [-0.05, 0) is 43.7 Å². The average Bonchev–Trinajstić information content (AvgIpc) is 2.38. The Morgan fingerprint density at radius 3 is 2.50 bits per heavy atom. The van der Waals surface area contributed by atoms with Gasteiger partial charge in [0.15, 0.2) is 11.6 Å². The summed E-state index contributed by atoms with van der Waals surface area (Å²) in [7, 11) is 0. The van der Waals surface area contributed by atoms with E-state index in [9.17, 15) is 4.79 Å². The van der Waals surface area contributed by atoms with Crippen LogP contribution in [0.5, 0.6) is 0 Å². The Morgan fingerprint density at radius 2 is 1.95 bits per heavy atom. The summed E-state index contributed by atoms with van der Waals surface area (Å²) < 4.78 is 0. The highest BCUT2D eigenvalue weighted by Gasteiger charge is 2.25. The number of aromatic nitrogens is 2. The second-order valence-corrected chi connectivity index (χ2v) is 6.06. The normalized spacial score (nSPS) is 20.6. The van der Waals surface area contributed by atoms with Gasteiger partial charge >= 0.3 is 0 Å². The lowest BCUT2D eigenvalue weighted by molar-refractivity contribution is -0.122. The lowest BCUT2D eigenvalue weighted by Gasteiger charge is -2.30. The number of rotatable bonds is 3. The minimum Gasteiger partial charge on any atom is -0.355 e. The van der Waals surface area contributed by atoms with E-state index in [2.05, 4.69) is 27.3 Å². The third-order valence-corrected chi connectivity index (χ3v) is 4.49. The topological polar surface area (TPSA) is 58.1 Å². The van der Waals surface area contributed by atoms with Gasteiger partial charge in [-0.15, -0.1) is 10.2 Å². The zero-order valence-corrected chi connectivity index (χ0v) is 12.0. The highest BCUT2D eigenvalue weighted by molar-refractivity contribution is 5.92. The van der Waals surface area contributed by atoms with Crippen LogP contribution in [0.3, 0.4) is 0 Å². The van der Waals surface area contributed by atoms with E-state index in [-0.39, 0.29) is 11.8 Å². The van der Waals surface area contributed by atoms with E-state index in [0.29, 0.717) is 5.82 Å². The maximum Gasteiger partial charge on any atom is 0.228 e. The molecule has 2 fully saturated rings. The molecule has 0 unspecified atom stereocenters. The molecule has 0 atom stereocenters. The van der Waals surface area contributed by atoms with Crippen LogP contribution >= 0.6 is 0 Å². The van der Waals surface area contributed by atoms with E-state index in [1.165, 1.54) is 12.8 Å². The predicted molar refractivity (Wildman–Crippen MR) is 78.6 cm³/mol. The number of amides is 1. The first-order valence-corrected chi connectivity index (χ1v) is 7.62. The molecule has 0 bridgehead atoms. The molecule has 2 aliphatic rings. The van der Waals surface area contributed by atoms with Gasteiger partial charge in [0.25, 0.3) is 0 Å². The molecule has 2 heterocycles. The summed E-state index contributed by atoms with van der Waals surface area (Å²) in [6.45, 7) is 4.38. The molecule has 5 nitrogen and oxygen atoms in total. The van der Waals surface area contributed by atoms with Crippen molar-refractivity contribution in [3.63, 3.8) is 0 Å². The van der Waals surface area contributed by atoms with Crippen LogP contribution in [-0.4, -0.2) is 29.2 Å². The van der Waals surface area contributed by atoms with E-state index >= 15 is 0 Å². The quantitative estimate of drug-likeness (QED) is 0.919. The Kier molecular flexibility index (Phi) is 3.85. The van der Waals surface area contributed by atoms with Gasteiger partial charge in [-0.3, -0.25) is 4.79 Å². The molecule has 1 N–H and O–H groups in total. The maximum atomic E-state index is 11.8. The molecule has 20 heavy (non-hydrogen) atoms. The Bertz CT molecular complexity index is 461. The van der Waals surface area contributed by atoms with Gasteiger partial charge in [0.05, 0.1) is 0 Å². The molecule has 1 saturated heterocycles. The van der Waals surface area contributed by atoms with Crippen LogP contribution in [0.2, 0.25) is 0 Å². The molecule has 1 saturated carbocycles. The van der Waals surface area contributed by atoms with E-state index in [1.807, 2.05) is 12.1 Å². The minimum atomic E-state index is 0.0881. The molecule has 1 aliphatic carbocycles. The number of anilines is 2. The van der Waals surface area contributed by atoms with Crippen LogP contribution < -0.4 is 10.2 Å². The van der Waals surface area contributed by atoms with E-state index < -0.39 is 0 Å². The Labute approximate surface area is 119 Å². The average molecular weight is 274 g/mol. The fourth-order valence-corrected chi connectivity index (χ4v) is 2.70. The summed E-state index contributed by atoms with van der Waals surface area (Å²) in [4.78, 5) is 14.1. The van der Waals surface area contributed by atoms with Gasteiger partial charge in [0.2, 0.25) is 5.91 Å². The van der Waals surface area contributed by atoms with E-state index in [4.69, 9.17) is 0 Å². The molecular formula is C15H22N4O. The first-order valence-electron chi connectivity index (χ1n) is 7.62. The lowest BCUT2D eigenvalue weighted by Crippen LogP contribution is -2.33. The third kappa shape index (κ3) is 2.92. The third-order valence-electron chi connectivity index (χ3n) is 4.49. The van der Waals surface area contributed by atoms with Crippen LogP contribution in [0.4, 0.5) is 11.6 Å². The minimum absolute atomic E-state index is 0.0881. The molecule has 1 aliphatic heterocycles. The molecule has 1 aromatic heterocycles. The smallest absolute Gasteiger partial charge is 0.228 e. The molecule has 5 heteroatoms. The molecule has 0 radical (unpaired) electrons. The van der Waals surface area contributed by atoms with Crippen molar-refractivity contribution in [3.8, 4) is 0 Å². The van der Waals surface area contributed by atoms with E-state index in [1.54, 1.807) is 0 Å². The van der Waals surface area contributed by atoms with Crippen molar-refractivity contribution in [3.05, 3.63) is 12.1 Å². The highest BCUT2D eigenvalue weighted by Crippen LogP contribution is 2.27. The molecule has 1 amide bonds. The Balaban J connectivity index is 1.58. The number of carbonyl (C=O) groups excluding carboxylic acids is 1. The van der Waals surface area contributed by atoms with Crippen molar-refractivity contribution in [1.82, 2.24) is 10.2 Å². The number of piperidine rings is 1. The van der Waals surface area contributed by atoms with Crippen LogP contribution in [-0.2, 0) is 4.79 Å². The fraction of sp³-hybridized carbons (Fsp3) is 0.667. The van der Waals surface area contributed by atoms with Crippen molar-refractivity contribution in [2.75, 3.05) is 23.3 Å². The number of carbonyl (C=O) groups is 1. The monoisotopic (exact) mass is 274 g/mol. The van der Waals surface area contributed by atoms with Gasteiger partial charge in [-0.25, -0.2) is 0 Å². The van der Waals surface area contributed by atoms with E-state index in [0.717, 1.165) is 44.1 Å². The Hall–Kier alpha value is -1.65. The molecule has 108 valence electrons. The number of hydrogen-bond acceptors (Lipinski definition) is 4. The molecule has 3 rings (SSSR count).